The van der Waals surface area contributed by atoms with Crippen molar-refractivity contribution in [3.63, 3.8) is 0 Å². The minimum absolute atomic E-state index is 0.0145. The summed E-state index contributed by atoms with van der Waals surface area (Å²) >= 11 is 0. The van der Waals surface area contributed by atoms with Crippen molar-refractivity contribution in [1.82, 2.24) is 0 Å². The highest BCUT2D eigenvalue weighted by atomic mass is 14.8. The number of hydrogen-bond donors (Lipinski definition) is 2. The van der Waals surface area contributed by atoms with Crippen molar-refractivity contribution in [1.29, 1.82) is 0 Å². The van der Waals surface area contributed by atoms with Crippen LogP contribution in [0.3, 0.4) is 0 Å². The molecule has 0 saturated heterocycles. The molecule has 2 atom stereocenters. The molecule has 1 aliphatic rings. The normalized spacial score (nSPS) is 43.7. The summed E-state index contributed by atoms with van der Waals surface area (Å²) in [4.78, 5) is 0. The van der Waals surface area contributed by atoms with Crippen LogP contribution >= 0.6 is 0 Å². The highest BCUT2D eigenvalue weighted by molar-refractivity contribution is 4.92. The molecule has 0 aromatic rings. The molecule has 1 saturated carbocycles. The highest BCUT2D eigenvalue weighted by Crippen LogP contribution is 2.30. The van der Waals surface area contributed by atoms with Crippen LogP contribution in [0.1, 0.15) is 26.2 Å². The third kappa shape index (κ3) is 1.43. The van der Waals surface area contributed by atoms with Gasteiger partial charge >= 0.3 is 0 Å². The molecule has 9 heavy (non-hydrogen) atoms. The van der Waals surface area contributed by atoms with E-state index < -0.39 is 0 Å². The lowest BCUT2D eigenvalue weighted by Crippen LogP contribution is -2.44. The van der Waals surface area contributed by atoms with Crippen molar-refractivity contribution < 1.29 is 0 Å². The van der Waals surface area contributed by atoms with Gasteiger partial charge in [0, 0.05) is 12.1 Å². The fourth-order valence-electron chi connectivity index (χ4n) is 1.62. The maximum atomic E-state index is 5.92. The van der Waals surface area contributed by atoms with E-state index in [0.29, 0.717) is 6.54 Å². The lowest BCUT2D eigenvalue weighted by molar-refractivity contribution is 0.432. The zero-order valence-electron chi connectivity index (χ0n) is 6.06. The molecule has 2 heteroatoms. The Morgan fingerprint density at radius 1 is 1.67 bits per heavy atom. The minimum Gasteiger partial charge on any atom is -0.329 e. The van der Waals surface area contributed by atoms with E-state index in [4.69, 9.17) is 11.5 Å². The van der Waals surface area contributed by atoms with Crippen molar-refractivity contribution in [3.05, 3.63) is 0 Å². The lowest BCUT2D eigenvalue weighted by atomic mass is 9.98. The fourth-order valence-corrected chi connectivity index (χ4v) is 1.62. The first-order valence-corrected chi connectivity index (χ1v) is 3.65. The van der Waals surface area contributed by atoms with E-state index in [1.807, 2.05) is 0 Å². The average molecular weight is 128 g/mol. The summed E-state index contributed by atoms with van der Waals surface area (Å²) in [5.41, 5.74) is 11.4. The molecular formula is C7H16N2. The maximum Gasteiger partial charge on any atom is 0.0281 e. The molecule has 0 aliphatic heterocycles. The molecule has 2 unspecified atom stereocenters. The number of hydrogen-bond acceptors (Lipinski definition) is 2. The smallest absolute Gasteiger partial charge is 0.0281 e. The van der Waals surface area contributed by atoms with Crippen LogP contribution in [0.25, 0.3) is 0 Å². The summed E-state index contributed by atoms with van der Waals surface area (Å²) in [7, 11) is 0. The van der Waals surface area contributed by atoms with Gasteiger partial charge in [0.05, 0.1) is 0 Å². The third-order valence-corrected chi connectivity index (χ3v) is 2.30. The molecular weight excluding hydrogens is 112 g/mol. The summed E-state index contributed by atoms with van der Waals surface area (Å²) in [6.45, 7) is 2.89. The summed E-state index contributed by atoms with van der Waals surface area (Å²) in [6.07, 6.45) is 3.49. The van der Waals surface area contributed by atoms with Crippen LogP contribution in [0, 0.1) is 5.92 Å². The van der Waals surface area contributed by atoms with Gasteiger partial charge in [-0.05, 0) is 25.2 Å². The Morgan fingerprint density at radius 2 is 2.33 bits per heavy atom. The van der Waals surface area contributed by atoms with E-state index in [0.717, 1.165) is 18.8 Å². The Labute approximate surface area is 56.6 Å². The van der Waals surface area contributed by atoms with Crippen LogP contribution in [0.4, 0.5) is 0 Å². The summed E-state index contributed by atoms with van der Waals surface area (Å²) in [5.74, 6) is 0.790. The molecule has 0 bridgehead atoms. The van der Waals surface area contributed by atoms with Gasteiger partial charge in [0.2, 0.25) is 0 Å². The summed E-state index contributed by atoms with van der Waals surface area (Å²) in [6, 6.07) is 0. The van der Waals surface area contributed by atoms with Gasteiger partial charge in [0.25, 0.3) is 0 Å². The topological polar surface area (TPSA) is 52.0 Å². The second kappa shape index (κ2) is 2.27. The van der Waals surface area contributed by atoms with E-state index in [-0.39, 0.29) is 5.54 Å². The molecule has 1 aliphatic carbocycles. The largest absolute Gasteiger partial charge is 0.329 e. The average Bonchev–Trinajstić information content (AvgIpc) is 2.13. The van der Waals surface area contributed by atoms with Gasteiger partial charge < -0.3 is 11.5 Å². The fraction of sp³-hybridized carbons (Fsp3) is 1.00. The van der Waals surface area contributed by atoms with Crippen LogP contribution in [-0.4, -0.2) is 12.1 Å². The molecule has 1 rings (SSSR count). The van der Waals surface area contributed by atoms with Gasteiger partial charge in [-0.2, -0.15) is 0 Å². The van der Waals surface area contributed by atoms with E-state index in [9.17, 15) is 0 Å². The minimum atomic E-state index is -0.0145. The predicted molar refractivity (Wildman–Crippen MR) is 39.0 cm³/mol. The molecule has 0 aromatic carbocycles. The first-order valence-electron chi connectivity index (χ1n) is 3.65. The first kappa shape index (κ1) is 7.03. The molecule has 4 N–H and O–H groups in total. The standard InChI is InChI=1S/C7H16N2/c1-6-2-3-7(9,4-6)5-8/h6H,2-5,8-9H2,1H3. The van der Waals surface area contributed by atoms with E-state index in [1.165, 1.54) is 6.42 Å². The summed E-state index contributed by atoms with van der Waals surface area (Å²) < 4.78 is 0. The van der Waals surface area contributed by atoms with Gasteiger partial charge in [0.1, 0.15) is 0 Å². The quantitative estimate of drug-likeness (QED) is 0.539. The predicted octanol–water partition coefficient (Wildman–Crippen LogP) is 0.463. The Kier molecular flexibility index (Phi) is 1.78. The highest BCUT2D eigenvalue weighted by Gasteiger charge is 2.31. The van der Waals surface area contributed by atoms with Crippen molar-refractivity contribution in [3.8, 4) is 0 Å². The Balaban J connectivity index is 2.45. The second-order valence-corrected chi connectivity index (χ2v) is 3.41. The van der Waals surface area contributed by atoms with Gasteiger partial charge in [-0.3, -0.25) is 0 Å². The van der Waals surface area contributed by atoms with Crippen LogP contribution < -0.4 is 11.5 Å². The second-order valence-electron chi connectivity index (χ2n) is 3.41. The SMILES string of the molecule is CC1CCC(N)(CN)C1. The van der Waals surface area contributed by atoms with Gasteiger partial charge in [-0.1, -0.05) is 6.92 Å². The molecule has 2 nitrogen and oxygen atoms in total. The Hall–Kier alpha value is -0.0800. The summed E-state index contributed by atoms with van der Waals surface area (Å²) in [5, 5.41) is 0. The number of rotatable bonds is 1. The van der Waals surface area contributed by atoms with E-state index in [2.05, 4.69) is 6.92 Å². The van der Waals surface area contributed by atoms with Crippen molar-refractivity contribution in [2.75, 3.05) is 6.54 Å². The molecule has 0 radical (unpaired) electrons. The molecule has 0 aromatic heterocycles. The molecule has 0 heterocycles. The van der Waals surface area contributed by atoms with Crippen LogP contribution in [-0.2, 0) is 0 Å². The maximum absolute atomic E-state index is 5.92. The van der Waals surface area contributed by atoms with Crippen molar-refractivity contribution in [2.24, 2.45) is 17.4 Å². The molecule has 54 valence electrons. The van der Waals surface area contributed by atoms with Crippen LogP contribution in [0.15, 0.2) is 0 Å². The monoisotopic (exact) mass is 128 g/mol. The van der Waals surface area contributed by atoms with E-state index in [1.54, 1.807) is 0 Å². The van der Waals surface area contributed by atoms with Gasteiger partial charge in [0.15, 0.2) is 0 Å². The lowest BCUT2D eigenvalue weighted by Gasteiger charge is -2.20. The van der Waals surface area contributed by atoms with Crippen LogP contribution in [0.5, 0.6) is 0 Å². The van der Waals surface area contributed by atoms with Gasteiger partial charge in [-0.15, -0.1) is 0 Å². The molecule has 0 spiro atoms. The first-order chi connectivity index (χ1) is 4.16. The third-order valence-electron chi connectivity index (χ3n) is 2.30. The molecule has 0 amide bonds. The zero-order valence-corrected chi connectivity index (χ0v) is 6.06. The van der Waals surface area contributed by atoms with E-state index >= 15 is 0 Å². The Bertz CT molecular complexity index is 103. The van der Waals surface area contributed by atoms with Crippen molar-refractivity contribution in [2.45, 2.75) is 31.7 Å². The number of nitrogens with two attached hydrogens (primary N) is 2. The van der Waals surface area contributed by atoms with Gasteiger partial charge in [-0.25, -0.2) is 0 Å². The zero-order chi connectivity index (χ0) is 6.91. The Morgan fingerprint density at radius 3 is 2.56 bits per heavy atom. The molecule has 1 fully saturated rings. The van der Waals surface area contributed by atoms with Crippen LogP contribution in [0.2, 0.25) is 0 Å². The van der Waals surface area contributed by atoms with Crippen molar-refractivity contribution >= 4 is 0 Å².